The van der Waals surface area contributed by atoms with Crippen LogP contribution in [0.4, 0.5) is 0 Å². The molecule has 0 saturated carbocycles. The fourth-order valence-corrected chi connectivity index (χ4v) is 1.95. The summed E-state index contributed by atoms with van der Waals surface area (Å²) >= 11 is 0. The summed E-state index contributed by atoms with van der Waals surface area (Å²) in [6.07, 6.45) is 4.23. The van der Waals surface area contributed by atoms with Gasteiger partial charge in [-0.1, -0.05) is 0 Å². The van der Waals surface area contributed by atoms with E-state index in [2.05, 4.69) is 4.98 Å². The van der Waals surface area contributed by atoms with Gasteiger partial charge in [-0.05, 0) is 13.3 Å². The van der Waals surface area contributed by atoms with E-state index in [0.29, 0.717) is 13.0 Å². The Balaban J connectivity index is 2.84. The molecule has 1 N–H and O–H groups in total. The smallest absolute Gasteiger partial charge is 0.227 e. The van der Waals surface area contributed by atoms with E-state index in [-0.39, 0.29) is 5.16 Å². The minimum Gasteiger partial charge on any atom is -0.393 e. The fraction of sp³-hybridized carbons (Fsp3) is 0.625. The molecule has 1 unspecified atom stereocenters. The third-order valence-corrected chi connectivity index (χ3v) is 2.80. The molecule has 0 bridgehead atoms. The van der Waals surface area contributed by atoms with Crippen LogP contribution in [0.25, 0.3) is 0 Å². The minimum atomic E-state index is -3.27. The van der Waals surface area contributed by atoms with Crippen molar-refractivity contribution in [2.75, 3.05) is 6.26 Å². The summed E-state index contributed by atoms with van der Waals surface area (Å²) in [5.41, 5.74) is 0. The molecule has 0 aliphatic carbocycles. The van der Waals surface area contributed by atoms with Gasteiger partial charge in [-0.2, -0.15) is 0 Å². The number of sulfone groups is 1. The van der Waals surface area contributed by atoms with Crippen LogP contribution in [0.15, 0.2) is 17.6 Å². The molecule has 0 fully saturated rings. The second-order valence-electron chi connectivity index (χ2n) is 3.31. The van der Waals surface area contributed by atoms with Crippen molar-refractivity contribution < 1.29 is 13.5 Å². The summed E-state index contributed by atoms with van der Waals surface area (Å²) in [4.78, 5) is 3.76. The second-order valence-corrected chi connectivity index (χ2v) is 5.22. The van der Waals surface area contributed by atoms with Gasteiger partial charge in [-0.25, -0.2) is 13.4 Å². The van der Waals surface area contributed by atoms with Crippen molar-refractivity contribution in [1.29, 1.82) is 0 Å². The largest absolute Gasteiger partial charge is 0.393 e. The monoisotopic (exact) mass is 218 g/mol. The summed E-state index contributed by atoms with van der Waals surface area (Å²) in [6.45, 7) is 2.12. The second kappa shape index (κ2) is 4.10. The van der Waals surface area contributed by atoms with Crippen LogP contribution in [0, 0.1) is 0 Å². The first-order valence-electron chi connectivity index (χ1n) is 4.30. The van der Waals surface area contributed by atoms with E-state index < -0.39 is 15.9 Å². The molecule has 0 spiro atoms. The van der Waals surface area contributed by atoms with Gasteiger partial charge in [-0.3, -0.25) is 0 Å². The maximum absolute atomic E-state index is 11.2. The van der Waals surface area contributed by atoms with Gasteiger partial charge in [0.1, 0.15) is 0 Å². The predicted molar refractivity (Wildman–Crippen MR) is 51.6 cm³/mol. The van der Waals surface area contributed by atoms with Crippen LogP contribution < -0.4 is 0 Å². The molecule has 0 aliphatic heterocycles. The van der Waals surface area contributed by atoms with Crippen LogP contribution >= 0.6 is 0 Å². The van der Waals surface area contributed by atoms with Crippen LogP contribution in [0.2, 0.25) is 0 Å². The summed E-state index contributed by atoms with van der Waals surface area (Å²) in [5, 5.41) is 9.12. The molecule has 80 valence electrons. The first-order chi connectivity index (χ1) is 6.41. The maximum Gasteiger partial charge on any atom is 0.227 e. The van der Waals surface area contributed by atoms with Crippen LogP contribution in [0.1, 0.15) is 13.3 Å². The molecular formula is C8H14N2O3S. The minimum absolute atomic E-state index is 0.0538. The number of imidazole rings is 1. The zero-order valence-corrected chi connectivity index (χ0v) is 9.03. The van der Waals surface area contributed by atoms with E-state index in [1.54, 1.807) is 13.1 Å². The lowest BCUT2D eigenvalue weighted by Crippen LogP contribution is -2.12. The van der Waals surface area contributed by atoms with Gasteiger partial charge in [0.25, 0.3) is 0 Å². The van der Waals surface area contributed by atoms with Gasteiger partial charge in [-0.15, -0.1) is 0 Å². The first kappa shape index (κ1) is 11.2. The van der Waals surface area contributed by atoms with Crippen molar-refractivity contribution in [3.05, 3.63) is 12.4 Å². The zero-order chi connectivity index (χ0) is 10.8. The molecule has 1 aromatic heterocycles. The Morgan fingerprint density at radius 2 is 2.29 bits per heavy atom. The van der Waals surface area contributed by atoms with E-state index in [1.807, 2.05) is 0 Å². The number of hydrogen-bond donors (Lipinski definition) is 1. The van der Waals surface area contributed by atoms with E-state index in [9.17, 15) is 8.42 Å². The number of nitrogens with zero attached hydrogens (tertiary/aromatic N) is 2. The SMILES string of the molecule is CC(O)CCn1ccnc1S(C)(=O)=O. The van der Waals surface area contributed by atoms with E-state index in [0.717, 1.165) is 6.26 Å². The summed E-state index contributed by atoms with van der Waals surface area (Å²) in [6, 6.07) is 0. The molecule has 1 aromatic rings. The Morgan fingerprint density at radius 1 is 1.64 bits per heavy atom. The Bertz CT molecular complexity index is 394. The fourth-order valence-electron chi connectivity index (χ4n) is 1.12. The normalized spacial score (nSPS) is 14.2. The molecule has 0 amide bonds. The molecule has 1 rings (SSSR count). The van der Waals surface area contributed by atoms with Gasteiger partial charge in [0.05, 0.1) is 6.10 Å². The van der Waals surface area contributed by atoms with Crippen molar-refractivity contribution in [1.82, 2.24) is 9.55 Å². The van der Waals surface area contributed by atoms with Crippen molar-refractivity contribution in [3.63, 3.8) is 0 Å². The molecule has 1 heterocycles. The molecule has 0 aliphatic rings. The van der Waals surface area contributed by atoms with Crippen molar-refractivity contribution >= 4 is 9.84 Å². The highest BCUT2D eigenvalue weighted by molar-refractivity contribution is 7.90. The number of aryl methyl sites for hydroxylation is 1. The van der Waals surface area contributed by atoms with Crippen molar-refractivity contribution in [2.45, 2.75) is 31.1 Å². The Labute approximate surface area is 83.3 Å². The number of aliphatic hydroxyl groups excluding tert-OH is 1. The van der Waals surface area contributed by atoms with Crippen molar-refractivity contribution in [3.8, 4) is 0 Å². The number of aliphatic hydroxyl groups is 1. The van der Waals surface area contributed by atoms with Gasteiger partial charge in [0, 0.05) is 25.2 Å². The van der Waals surface area contributed by atoms with Crippen molar-refractivity contribution in [2.24, 2.45) is 0 Å². The first-order valence-corrected chi connectivity index (χ1v) is 6.19. The van der Waals surface area contributed by atoms with Gasteiger partial charge >= 0.3 is 0 Å². The molecule has 1 atom stereocenters. The van der Waals surface area contributed by atoms with Gasteiger partial charge in [0.15, 0.2) is 0 Å². The highest BCUT2D eigenvalue weighted by Gasteiger charge is 2.14. The van der Waals surface area contributed by atoms with Crippen LogP contribution in [0.3, 0.4) is 0 Å². The summed E-state index contributed by atoms with van der Waals surface area (Å²) in [7, 11) is -3.27. The number of rotatable bonds is 4. The molecule has 0 saturated heterocycles. The summed E-state index contributed by atoms with van der Waals surface area (Å²) in [5.74, 6) is 0. The predicted octanol–water partition coefficient (Wildman–Crippen LogP) is 0.0575. The van der Waals surface area contributed by atoms with E-state index in [1.165, 1.54) is 10.8 Å². The Kier molecular flexibility index (Phi) is 3.28. The lowest BCUT2D eigenvalue weighted by Gasteiger charge is -2.07. The maximum atomic E-state index is 11.2. The third-order valence-electron chi connectivity index (χ3n) is 1.80. The van der Waals surface area contributed by atoms with Gasteiger partial charge in [0.2, 0.25) is 15.0 Å². The third kappa shape index (κ3) is 2.81. The molecule has 0 radical (unpaired) electrons. The highest BCUT2D eigenvalue weighted by atomic mass is 32.2. The zero-order valence-electron chi connectivity index (χ0n) is 8.21. The topological polar surface area (TPSA) is 72.2 Å². The van der Waals surface area contributed by atoms with Crippen LogP contribution in [-0.4, -0.2) is 35.4 Å². The number of aromatic nitrogens is 2. The molecule has 5 nitrogen and oxygen atoms in total. The Morgan fingerprint density at radius 3 is 2.79 bits per heavy atom. The van der Waals surface area contributed by atoms with Crippen LogP contribution in [0.5, 0.6) is 0 Å². The van der Waals surface area contributed by atoms with Crippen LogP contribution in [-0.2, 0) is 16.4 Å². The summed E-state index contributed by atoms with van der Waals surface area (Å²) < 4.78 is 24.0. The lowest BCUT2D eigenvalue weighted by molar-refractivity contribution is 0.176. The highest BCUT2D eigenvalue weighted by Crippen LogP contribution is 2.07. The van der Waals surface area contributed by atoms with Gasteiger partial charge < -0.3 is 9.67 Å². The standard InChI is InChI=1S/C8H14N2O3S/c1-7(11)3-5-10-6-4-9-8(10)14(2,12)13/h4,6-7,11H,3,5H2,1-2H3. The molecule has 14 heavy (non-hydrogen) atoms. The Hall–Kier alpha value is -0.880. The molecule has 0 aromatic carbocycles. The van der Waals surface area contributed by atoms with E-state index >= 15 is 0 Å². The number of hydrogen-bond acceptors (Lipinski definition) is 4. The molecular weight excluding hydrogens is 204 g/mol. The lowest BCUT2D eigenvalue weighted by atomic mass is 10.3. The average Bonchev–Trinajstić information content (AvgIpc) is 2.46. The quantitative estimate of drug-likeness (QED) is 0.775. The molecule has 6 heteroatoms. The average molecular weight is 218 g/mol. The van der Waals surface area contributed by atoms with E-state index in [4.69, 9.17) is 5.11 Å².